The Morgan fingerprint density at radius 2 is 2.13 bits per heavy atom. The van der Waals surface area contributed by atoms with Gasteiger partial charge in [-0.1, -0.05) is 34.1 Å². The van der Waals surface area contributed by atoms with Gasteiger partial charge >= 0.3 is 0 Å². The first kappa shape index (κ1) is 17.2. The summed E-state index contributed by atoms with van der Waals surface area (Å²) in [4.78, 5) is 0. The first-order valence-electron chi connectivity index (χ1n) is 6.73. The molecule has 2 aromatic rings. The van der Waals surface area contributed by atoms with Gasteiger partial charge < -0.3 is 15.2 Å². The fourth-order valence-electron chi connectivity index (χ4n) is 1.90. The first-order valence-corrected chi connectivity index (χ1v) is 7.93. The maximum atomic E-state index is 5.93. The summed E-state index contributed by atoms with van der Waals surface area (Å²) < 4.78 is 12.3. The molecule has 0 fully saturated rings. The second-order valence-corrected chi connectivity index (χ2v) is 5.89. The van der Waals surface area contributed by atoms with Gasteiger partial charge in [-0.25, -0.2) is 0 Å². The zero-order chi connectivity index (χ0) is 16.7. The van der Waals surface area contributed by atoms with Crippen LogP contribution in [0.5, 0.6) is 11.5 Å². The number of para-hydroxylation sites is 1. The Morgan fingerprint density at radius 1 is 1.35 bits per heavy atom. The number of nitrogens with zero attached hydrogens (tertiary/aromatic N) is 1. The largest absolute Gasteiger partial charge is 0.493 e. The quantitative estimate of drug-likeness (QED) is 0.448. The predicted molar refractivity (Wildman–Crippen MR) is 99.0 cm³/mol. The second-order valence-electron chi connectivity index (χ2n) is 4.53. The Morgan fingerprint density at radius 3 is 2.83 bits per heavy atom. The summed E-state index contributed by atoms with van der Waals surface area (Å²) >= 11 is 8.16. The standard InChI is InChI=1S/C16H16BrN3O2S/c1-21-14-7-3-5-12(9-19-20-16(18)23)15(14)22-10-11-4-2-6-13(17)8-11/h2-9H,10H2,1H3,(H3,18,20,23). The molecule has 2 aromatic carbocycles. The third-order valence-electron chi connectivity index (χ3n) is 2.88. The van der Waals surface area contributed by atoms with E-state index in [1.807, 2.05) is 42.5 Å². The molecule has 0 heterocycles. The lowest BCUT2D eigenvalue weighted by Crippen LogP contribution is -2.24. The summed E-state index contributed by atoms with van der Waals surface area (Å²) in [6, 6.07) is 13.5. The molecule has 0 aliphatic rings. The van der Waals surface area contributed by atoms with E-state index in [9.17, 15) is 0 Å². The lowest BCUT2D eigenvalue weighted by molar-refractivity contribution is 0.284. The van der Waals surface area contributed by atoms with E-state index in [0.717, 1.165) is 15.6 Å². The van der Waals surface area contributed by atoms with Gasteiger partial charge in [0.25, 0.3) is 0 Å². The summed E-state index contributed by atoms with van der Waals surface area (Å²) in [5, 5.41) is 4.06. The Balaban J connectivity index is 2.21. The normalized spacial score (nSPS) is 10.5. The Labute approximate surface area is 148 Å². The summed E-state index contributed by atoms with van der Waals surface area (Å²) in [6.07, 6.45) is 1.58. The van der Waals surface area contributed by atoms with Gasteiger partial charge in [-0.2, -0.15) is 5.10 Å². The van der Waals surface area contributed by atoms with Crippen LogP contribution in [-0.2, 0) is 6.61 Å². The minimum absolute atomic E-state index is 0.0979. The van der Waals surface area contributed by atoms with Crippen LogP contribution in [0.1, 0.15) is 11.1 Å². The predicted octanol–water partition coefficient (Wildman–Crippen LogP) is 3.20. The van der Waals surface area contributed by atoms with E-state index in [2.05, 4.69) is 26.5 Å². The summed E-state index contributed by atoms with van der Waals surface area (Å²) in [6.45, 7) is 0.406. The average Bonchev–Trinajstić information content (AvgIpc) is 2.53. The van der Waals surface area contributed by atoms with Crippen LogP contribution in [0, 0.1) is 0 Å². The number of benzene rings is 2. The highest BCUT2D eigenvalue weighted by Gasteiger charge is 2.09. The van der Waals surface area contributed by atoms with Crippen molar-refractivity contribution in [2.45, 2.75) is 6.61 Å². The van der Waals surface area contributed by atoms with Crippen molar-refractivity contribution in [2.24, 2.45) is 10.8 Å². The maximum Gasteiger partial charge on any atom is 0.184 e. The fourth-order valence-corrected chi connectivity index (χ4v) is 2.40. The molecule has 0 aliphatic carbocycles. The Bertz CT molecular complexity index is 722. The SMILES string of the molecule is COc1cccc(C=NNC(N)=S)c1OCc1cccc(Br)c1. The number of ether oxygens (including phenoxy) is 2. The number of nitrogens with one attached hydrogen (secondary N) is 1. The molecule has 0 saturated carbocycles. The highest BCUT2D eigenvalue weighted by atomic mass is 79.9. The Hall–Kier alpha value is -2.12. The van der Waals surface area contributed by atoms with Crippen LogP contribution >= 0.6 is 28.1 Å². The zero-order valence-electron chi connectivity index (χ0n) is 12.5. The molecule has 7 heteroatoms. The topological polar surface area (TPSA) is 68.9 Å². The van der Waals surface area contributed by atoms with Gasteiger partial charge in [0, 0.05) is 10.0 Å². The number of hydrogen-bond acceptors (Lipinski definition) is 4. The molecule has 0 bridgehead atoms. The van der Waals surface area contributed by atoms with E-state index in [1.54, 1.807) is 13.3 Å². The van der Waals surface area contributed by atoms with Crippen molar-refractivity contribution in [3.05, 3.63) is 58.1 Å². The van der Waals surface area contributed by atoms with E-state index in [0.29, 0.717) is 18.1 Å². The first-order chi connectivity index (χ1) is 11.1. The van der Waals surface area contributed by atoms with Crippen molar-refractivity contribution in [1.82, 2.24) is 5.43 Å². The van der Waals surface area contributed by atoms with Crippen molar-refractivity contribution < 1.29 is 9.47 Å². The second kappa shape index (κ2) is 8.50. The van der Waals surface area contributed by atoms with Crippen LogP contribution in [0.2, 0.25) is 0 Å². The van der Waals surface area contributed by atoms with Crippen molar-refractivity contribution >= 4 is 39.5 Å². The molecule has 0 spiro atoms. The fraction of sp³-hybridized carbons (Fsp3) is 0.125. The van der Waals surface area contributed by atoms with E-state index < -0.39 is 0 Å². The molecule has 2 rings (SSSR count). The van der Waals surface area contributed by atoms with Crippen molar-refractivity contribution in [3.8, 4) is 11.5 Å². The molecule has 0 saturated heterocycles. The smallest absolute Gasteiger partial charge is 0.184 e. The van der Waals surface area contributed by atoms with E-state index >= 15 is 0 Å². The van der Waals surface area contributed by atoms with Crippen LogP contribution in [0.4, 0.5) is 0 Å². The van der Waals surface area contributed by atoms with Crippen LogP contribution in [-0.4, -0.2) is 18.4 Å². The molecule has 0 amide bonds. The van der Waals surface area contributed by atoms with Gasteiger partial charge in [0.05, 0.1) is 13.3 Å². The maximum absolute atomic E-state index is 5.93. The number of hydrogen-bond donors (Lipinski definition) is 2. The minimum atomic E-state index is 0.0979. The highest BCUT2D eigenvalue weighted by Crippen LogP contribution is 2.31. The molecule has 120 valence electrons. The van der Waals surface area contributed by atoms with E-state index in [-0.39, 0.29) is 5.11 Å². The number of rotatable bonds is 6. The third kappa shape index (κ3) is 5.22. The van der Waals surface area contributed by atoms with Gasteiger partial charge in [0.1, 0.15) is 6.61 Å². The van der Waals surface area contributed by atoms with Gasteiger partial charge in [0.2, 0.25) is 0 Å². The number of hydrazone groups is 1. The van der Waals surface area contributed by atoms with E-state index in [4.69, 9.17) is 27.4 Å². The molecule has 3 N–H and O–H groups in total. The summed E-state index contributed by atoms with van der Waals surface area (Å²) in [7, 11) is 1.59. The van der Waals surface area contributed by atoms with Gasteiger partial charge in [-0.05, 0) is 42.0 Å². The molecular weight excluding hydrogens is 378 g/mol. The highest BCUT2D eigenvalue weighted by molar-refractivity contribution is 9.10. The molecular formula is C16H16BrN3O2S. The lowest BCUT2D eigenvalue weighted by atomic mass is 10.2. The molecule has 0 radical (unpaired) electrons. The number of nitrogens with two attached hydrogens (primary N) is 1. The zero-order valence-corrected chi connectivity index (χ0v) is 14.9. The lowest BCUT2D eigenvalue weighted by Gasteiger charge is -2.13. The molecule has 0 unspecified atom stereocenters. The monoisotopic (exact) mass is 393 g/mol. The van der Waals surface area contributed by atoms with Gasteiger partial charge in [-0.3, -0.25) is 5.43 Å². The number of methoxy groups -OCH3 is 1. The molecule has 23 heavy (non-hydrogen) atoms. The van der Waals surface area contributed by atoms with E-state index in [1.165, 1.54) is 0 Å². The van der Waals surface area contributed by atoms with Crippen LogP contribution < -0.4 is 20.6 Å². The average molecular weight is 394 g/mol. The molecule has 0 atom stereocenters. The van der Waals surface area contributed by atoms with Crippen LogP contribution in [0.25, 0.3) is 0 Å². The van der Waals surface area contributed by atoms with Crippen molar-refractivity contribution in [1.29, 1.82) is 0 Å². The number of halogens is 1. The van der Waals surface area contributed by atoms with Crippen molar-refractivity contribution in [3.63, 3.8) is 0 Å². The minimum Gasteiger partial charge on any atom is -0.493 e. The molecule has 0 aromatic heterocycles. The van der Waals surface area contributed by atoms with Crippen molar-refractivity contribution in [2.75, 3.05) is 7.11 Å². The van der Waals surface area contributed by atoms with Crippen LogP contribution in [0.15, 0.2) is 52.0 Å². The summed E-state index contributed by atoms with van der Waals surface area (Å²) in [5.74, 6) is 1.22. The van der Waals surface area contributed by atoms with Gasteiger partial charge in [-0.15, -0.1) is 0 Å². The van der Waals surface area contributed by atoms with Crippen LogP contribution in [0.3, 0.4) is 0 Å². The third-order valence-corrected chi connectivity index (χ3v) is 3.46. The number of thiocarbonyl (C=S) groups is 1. The molecule has 0 aliphatic heterocycles. The molecule has 5 nitrogen and oxygen atoms in total. The van der Waals surface area contributed by atoms with Gasteiger partial charge in [0.15, 0.2) is 16.6 Å². The Kier molecular flexibility index (Phi) is 6.37. The summed E-state index contributed by atoms with van der Waals surface area (Å²) in [5.41, 5.74) is 9.65.